The van der Waals surface area contributed by atoms with Crippen LogP contribution < -0.4 is 10.6 Å². The third-order valence-corrected chi connectivity index (χ3v) is 3.17. The van der Waals surface area contributed by atoms with E-state index in [9.17, 15) is 9.59 Å². The Kier molecular flexibility index (Phi) is 3.04. The molecule has 20 heavy (non-hydrogen) atoms. The van der Waals surface area contributed by atoms with Crippen molar-refractivity contribution in [1.82, 2.24) is 15.3 Å². The smallest absolute Gasteiger partial charge is 0.259 e. The molecule has 0 radical (unpaired) electrons. The number of carbonyl (C=O) groups excluding carboxylic acids is 2. The van der Waals surface area contributed by atoms with Gasteiger partial charge in [-0.25, -0.2) is 4.98 Å². The predicted molar refractivity (Wildman–Crippen MR) is 73.6 cm³/mol. The molecular weight excluding hydrogens is 303 g/mol. The molecule has 0 aliphatic carbocycles. The number of nitrogens with one attached hydrogen (secondary N) is 2. The molecule has 1 aliphatic heterocycles. The van der Waals surface area contributed by atoms with E-state index in [-0.39, 0.29) is 10.3 Å². The third-order valence-electron chi connectivity index (χ3n) is 2.71. The number of halogens is 2. The molecule has 2 aromatic rings. The topological polar surface area (TPSA) is 84.0 Å². The molecule has 0 bridgehead atoms. The molecule has 0 saturated carbocycles. The lowest BCUT2D eigenvalue weighted by atomic mass is 10.1. The van der Waals surface area contributed by atoms with Crippen LogP contribution >= 0.6 is 23.2 Å². The summed E-state index contributed by atoms with van der Waals surface area (Å²) in [7, 11) is 0. The van der Waals surface area contributed by atoms with Gasteiger partial charge in [0, 0.05) is 5.69 Å². The van der Waals surface area contributed by atoms with Crippen LogP contribution in [0, 0.1) is 0 Å². The quantitative estimate of drug-likeness (QED) is 0.657. The standard InChI is InChI=1S/C12H6Cl2N4O2/c13-8-4-15-12(14)17-9(8)16-5-1-2-6-7(3-5)11(20)18-10(6)19/h1-4H,(H,15,16,17)(H,18,19,20). The van der Waals surface area contributed by atoms with Crippen molar-refractivity contribution in [3.05, 3.63) is 45.8 Å². The minimum absolute atomic E-state index is 0.0472. The van der Waals surface area contributed by atoms with Crippen molar-refractivity contribution in [2.75, 3.05) is 5.32 Å². The Bertz CT molecular complexity index is 748. The van der Waals surface area contributed by atoms with Crippen LogP contribution in [0.5, 0.6) is 0 Å². The number of hydrogen-bond donors (Lipinski definition) is 2. The van der Waals surface area contributed by atoms with E-state index >= 15 is 0 Å². The maximum Gasteiger partial charge on any atom is 0.259 e. The number of imide groups is 1. The van der Waals surface area contributed by atoms with Crippen molar-refractivity contribution in [2.24, 2.45) is 0 Å². The lowest BCUT2D eigenvalue weighted by Gasteiger charge is -2.08. The summed E-state index contributed by atoms with van der Waals surface area (Å²) < 4.78 is 0. The molecule has 2 heterocycles. The van der Waals surface area contributed by atoms with Crippen LogP contribution in [0.2, 0.25) is 10.3 Å². The average Bonchev–Trinajstić information content (AvgIpc) is 2.69. The van der Waals surface area contributed by atoms with Gasteiger partial charge in [-0.05, 0) is 29.8 Å². The molecule has 0 saturated heterocycles. The fourth-order valence-corrected chi connectivity index (χ4v) is 2.09. The Labute approximate surface area is 123 Å². The SMILES string of the molecule is O=C1NC(=O)c2cc(Nc3nc(Cl)ncc3Cl)ccc21. The van der Waals surface area contributed by atoms with Gasteiger partial charge in [0.15, 0.2) is 5.82 Å². The van der Waals surface area contributed by atoms with Gasteiger partial charge >= 0.3 is 0 Å². The Morgan fingerprint density at radius 1 is 1.10 bits per heavy atom. The summed E-state index contributed by atoms with van der Waals surface area (Å²) in [5, 5.41) is 5.47. The maximum absolute atomic E-state index is 11.6. The van der Waals surface area contributed by atoms with E-state index in [1.165, 1.54) is 6.20 Å². The fourth-order valence-electron chi connectivity index (χ4n) is 1.82. The van der Waals surface area contributed by atoms with Gasteiger partial charge in [-0.3, -0.25) is 14.9 Å². The Morgan fingerprint density at radius 3 is 2.65 bits per heavy atom. The van der Waals surface area contributed by atoms with E-state index in [0.29, 0.717) is 22.6 Å². The van der Waals surface area contributed by atoms with Gasteiger partial charge < -0.3 is 5.32 Å². The zero-order chi connectivity index (χ0) is 14.3. The van der Waals surface area contributed by atoms with Crippen LogP contribution in [0.4, 0.5) is 11.5 Å². The Balaban J connectivity index is 1.97. The van der Waals surface area contributed by atoms with Gasteiger partial charge in [-0.15, -0.1) is 0 Å². The second-order valence-electron chi connectivity index (χ2n) is 4.00. The molecule has 8 heteroatoms. The van der Waals surface area contributed by atoms with Crippen LogP contribution in [0.1, 0.15) is 20.7 Å². The van der Waals surface area contributed by atoms with Crippen molar-refractivity contribution in [3.8, 4) is 0 Å². The molecule has 100 valence electrons. The maximum atomic E-state index is 11.6. The number of rotatable bonds is 2. The summed E-state index contributed by atoms with van der Waals surface area (Å²) in [5.41, 5.74) is 1.20. The van der Waals surface area contributed by atoms with Crippen LogP contribution in [-0.2, 0) is 0 Å². The number of nitrogens with zero attached hydrogens (tertiary/aromatic N) is 2. The van der Waals surface area contributed by atoms with Gasteiger partial charge in [0.05, 0.1) is 17.3 Å². The summed E-state index contributed by atoms with van der Waals surface area (Å²) in [5.74, 6) is -0.517. The van der Waals surface area contributed by atoms with Crippen molar-refractivity contribution < 1.29 is 9.59 Å². The second-order valence-corrected chi connectivity index (χ2v) is 4.75. The molecule has 0 atom stereocenters. The van der Waals surface area contributed by atoms with E-state index in [2.05, 4.69) is 20.6 Å². The summed E-state index contributed by atoms with van der Waals surface area (Å²) in [4.78, 5) is 30.7. The first kappa shape index (κ1) is 12.8. The van der Waals surface area contributed by atoms with Gasteiger partial charge in [-0.2, -0.15) is 4.98 Å². The Morgan fingerprint density at radius 2 is 1.85 bits per heavy atom. The van der Waals surface area contributed by atoms with Crippen LogP contribution in [0.3, 0.4) is 0 Å². The van der Waals surface area contributed by atoms with E-state index < -0.39 is 11.8 Å². The number of carbonyl (C=O) groups is 2. The first-order chi connectivity index (χ1) is 9.54. The monoisotopic (exact) mass is 308 g/mol. The lowest BCUT2D eigenvalue weighted by molar-refractivity contribution is 0.0879. The normalized spacial score (nSPS) is 13.1. The van der Waals surface area contributed by atoms with Crippen LogP contribution in [-0.4, -0.2) is 21.8 Å². The van der Waals surface area contributed by atoms with Crippen molar-refractivity contribution in [1.29, 1.82) is 0 Å². The zero-order valence-corrected chi connectivity index (χ0v) is 11.3. The van der Waals surface area contributed by atoms with Crippen LogP contribution in [0.15, 0.2) is 24.4 Å². The highest BCUT2D eigenvalue weighted by atomic mass is 35.5. The predicted octanol–water partition coefficient (Wildman–Crippen LogP) is 2.41. The van der Waals surface area contributed by atoms with E-state index in [4.69, 9.17) is 23.2 Å². The fraction of sp³-hybridized carbons (Fsp3) is 0. The van der Waals surface area contributed by atoms with Gasteiger partial charge in [-0.1, -0.05) is 11.6 Å². The average molecular weight is 309 g/mol. The molecule has 2 N–H and O–H groups in total. The van der Waals surface area contributed by atoms with Gasteiger partial charge in [0.2, 0.25) is 5.28 Å². The number of hydrogen-bond acceptors (Lipinski definition) is 5. The van der Waals surface area contributed by atoms with Gasteiger partial charge in [0.25, 0.3) is 11.8 Å². The first-order valence-corrected chi connectivity index (χ1v) is 6.25. The lowest BCUT2D eigenvalue weighted by Crippen LogP contribution is -2.19. The molecule has 0 spiro atoms. The van der Waals surface area contributed by atoms with Crippen LogP contribution in [0.25, 0.3) is 0 Å². The summed E-state index contributed by atoms with van der Waals surface area (Å²) >= 11 is 11.6. The van der Waals surface area contributed by atoms with E-state index in [0.717, 1.165) is 0 Å². The number of amides is 2. The molecule has 0 unspecified atom stereocenters. The van der Waals surface area contributed by atoms with Crippen molar-refractivity contribution in [3.63, 3.8) is 0 Å². The molecule has 2 amide bonds. The number of fused-ring (bicyclic) bond motifs is 1. The molecular formula is C12H6Cl2N4O2. The van der Waals surface area contributed by atoms with Crippen molar-refractivity contribution in [2.45, 2.75) is 0 Å². The van der Waals surface area contributed by atoms with Crippen molar-refractivity contribution >= 4 is 46.5 Å². The third kappa shape index (κ3) is 2.19. The largest absolute Gasteiger partial charge is 0.339 e. The number of anilines is 2. The summed E-state index contributed by atoms with van der Waals surface area (Å²) in [6.45, 7) is 0. The molecule has 3 rings (SSSR count). The van der Waals surface area contributed by atoms with E-state index in [1.807, 2.05) is 0 Å². The summed E-state index contributed by atoms with van der Waals surface area (Å²) in [6.07, 6.45) is 1.36. The molecule has 1 aromatic heterocycles. The highest BCUT2D eigenvalue weighted by molar-refractivity contribution is 6.33. The minimum atomic E-state index is -0.430. The highest BCUT2D eigenvalue weighted by Crippen LogP contribution is 2.26. The Hall–Kier alpha value is -2.18. The molecule has 6 nitrogen and oxygen atoms in total. The van der Waals surface area contributed by atoms with E-state index in [1.54, 1.807) is 18.2 Å². The van der Waals surface area contributed by atoms with Gasteiger partial charge in [0.1, 0.15) is 5.02 Å². The first-order valence-electron chi connectivity index (χ1n) is 5.49. The minimum Gasteiger partial charge on any atom is -0.339 e. The number of benzene rings is 1. The number of aromatic nitrogens is 2. The second kappa shape index (κ2) is 4.73. The molecule has 0 fully saturated rings. The zero-order valence-electron chi connectivity index (χ0n) is 9.78. The summed E-state index contributed by atoms with van der Waals surface area (Å²) in [6, 6.07) is 4.74. The highest BCUT2D eigenvalue weighted by Gasteiger charge is 2.26. The molecule has 1 aliphatic rings. The molecule has 1 aromatic carbocycles.